The number of hydrogen-bond acceptors (Lipinski definition) is 3. The average molecular weight is 404 g/mol. The summed E-state index contributed by atoms with van der Waals surface area (Å²) in [6, 6.07) is 13.8. The molecule has 1 fully saturated rings. The number of aryl methyl sites for hydroxylation is 2. The molecule has 3 rings (SSSR count). The molecule has 0 spiro atoms. The number of thioether (sulfide) groups is 1. The van der Waals surface area contributed by atoms with Gasteiger partial charge in [0.2, 0.25) is 0 Å². The first-order valence-corrected chi connectivity index (χ1v) is 9.09. The number of anilines is 1. The molecule has 23 heavy (non-hydrogen) atoms. The zero-order valence-electron chi connectivity index (χ0n) is 12.7. The second-order valence-electron chi connectivity index (χ2n) is 5.31. The van der Waals surface area contributed by atoms with Crippen LogP contribution in [0.1, 0.15) is 16.7 Å². The summed E-state index contributed by atoms with van der Waals surface area (Å²) in [6.45, 7) is 4.00. The second kappa shape index (κ2) is 6.59. The van der Waals surface area contributed by atoms with Gasteiger partial charge in [-0.2, -0.15) is 0 Å². The van der Waals surface area contributed by atoms with E-state index in [0.29, 0.717) is 9.23 Å². The molecule has 0 saturated carbocycles. The van der Waals surface area contributed by atoms with E-state index in [4.69, 9.17) is 12.2 Å². The molecule has 1 amide bonds. The number of para-hydroxylation sites is 1. The number of nitrogens with zero attached hydrogens (tertiary/aromatic N) is 1. The Balaban J connectivity index is 1.99. The molecule has 2 aromatic carbocycles. The van der Waals surface area contributed by atoms with Gasteiger partial charge in [-0.3, -0.25) is 9.69 Å². The monoisotopic (exact) mass is 403 g/mol. The first-order valence-electron chi connectivity index (χ1n) is 7.07. The summed E-state index contributed by atoms with van der Waals surface area (Å²) in [4.78, 5) is 15.1. The van der Waals surface area contributed by atoms with Crippen LogP contribution < -0.4 is 4.90 Å². The molecule has 0 atom stereocenters. The topological polar surface area (TPSA) is 20.3 Å². The lowest BCUT2D eigenvalue weighted by Gasteiger charge is -2.19. The van der Waals surface area contributed by atoms with E-state index >= 15 is 0 Å². The van der Waals surface area contributed by atoms with Crippen LogP contribution in [0.15, 0.2) is 51.8 Å². The Morgan fingerprint density at radius 2 is 1.70 bits per heavy atom. The molecule has 1 aliphatic heterocycles. The van der Waals surface area contributed by atoms with Crippen LogP contribution in [0.25, 0.3) is 6.08 Å². The third kappa shape index (κ3) is 3.27. The fraction of sp³-hybridized carbons (Fsp3) is 0.111. The number of carbonyl (C=O) groups excluding carboxylic acids is 1. The Bertz CT molecular complexity index is 807. The van der Waals surface area contributed by atoms with Crippen LogP contribution in [0.3, 0.4) is 0 Å². The summed E-state index contributed by atoms with van der Waals surface area (Å²) < 4.78 is 1.59. The van der Waals surface area contributed by atoms with E-state index in [0.717, 1.165) is 26.9 Å². The van der Waals surface area contributed by atoms with Crippen molar-refractivity contribution in [2.75, 3.05) is 4.90 Å². The Labute approximate surface area is 153 Å². The van der Waals surface area contributed by atoms with Gasteiger partial charge in [0.1, 0.15) is 0 Å². The Hall–Kier alpha value is -1.43. The fourth-order valence-corrected chi connectivity index (χ4v) is 4.06. The van der Waals surface area contributed by atoms with Crippen molar-refractivity contribution < 1.29 is 4.79 Å². The molecule has 1 aliphatic rings. The first-order chi connectivity index (χ1) is 11.0. The van der Waals surface area contributed by atoms with Gasteiger partial charge in [0.15, 0.2) is 4.32 Å². The summed E-state index contributed by atoms with van der Waals surface area (Å²) in [5, 5.41) is 0. The number of halogens is 1. The van der Waals surface area contributed by atoms with Crippen LogP contribution in [0, 0.1) is 13.8 Å². The lowest BCUT2D eigenvalue weighted by molar-refractivity contribution is -0.113. The van der Waals surface area contributed by atoms with Crippen LogP contribution in [0.5, 0.6) is 0 Å². The highest BCUT2D eigenvalue weighted by Gasteiger charge is 2.34. The number of hydrogen-bond donors (Lipinski definition) is 0. The summed E-state index contributed by atoms with van der Waals surface area (Å²) in [6.07, 6.45) is 1.89. The molecular weight excluding hydrogens is 390 g/mol. The molecule has 0 bridgehead atoms. The number of carbonyl (C=O) groups is 1. The molecule has 1 saturated heterocycles. The van der Waals surface area contributed by atoms with E-state index in [1.165, 1.54) is 11.8 Å². The molecule has 116 valence electrons. The molecule has 0 N–H and O–H groups in total. The van der Waals surface area contributed by atoms with Gasteiger partial charge in [0, 0.05) is 4.47 Å². The molecule has 0 aromatic heterocycles. The highest BCUT2D eigenvalue weighted by molar-refractivity contribution is 9.10. The van der Waals surface area contributed by atoms with Crippen molar-refractivity contribution in [3.8, 4) is 0 Å². The van der Waals surface area contributed by atoms with E-state index in [1.807, 2.05) is 62.4 Å². The zero-order chi connectivity index (χ0) is 16.6. The van der Waals surface area contributed by atoms with Crippen molar-refractivity contribution in [3.63, 3.8) is 0 Å². The second-order valence-corrected chi connectivity index (χ2v) is 7.90. The number of amides is 1. The highest BCUT2D eigenvalue weighted by atomic mass is 79.9. The van der Waals surface area contributed by atoms with Crippen molar-refractivity contribution in [2.45, 2.75) is 13.8 Å². The number of thiocarbonyl (C=S) groups is 1. The average Bonchev–Trinajstić information content (AvgIpc) is 2.77. The van der Waals surface area contributed by atoms with Crippen LogP contribution in [-0.2, 0) is 4.79 Å². The molecule has 0 unspecified atom stereocenters. The lowest BCUT2D eigenvalue weighted by atomic mass is 10.1. The van der Waals surface area contributed by atoms with Gasteiger partial charge in [-0.25, -0.2) is 0 Å². The third-order valence-corrected chi connectivity index (χ3v) is 5.46. The minimum Gasteiger partial charge on any atom is -0.268 e. The molecule has 2 nitrogen and oxygen atoms in total. The van der Waals surface area contributed by atoms with E-state index in [9.17, 15) is 4.79 Å². The standard InChI is InChI=1S/C18H14BrNOS2/c1-11-4-3-5-12(2)16(11)20-17(21)15(23-18(20)22)10-13-6-8-14(19)9-7-13/h3-10H,1-2H3/b15-10-. The first kappa shape index (κ1) is 16.4. The van der Waals surface area contributed by atoms with Crippen molar-refractivity contribution in [1.82, 2.24) is 0 Å². The van der Waals surface area contributed by atoms with Crippen LogP contribution in [0.2, 0.25) is 0 Å². The normalized spacial score (nSPS) is 16.5. The SMILES string of the molecule is Cc1cccc(C)c1N1C(=O)/C(=C/c2ccc(Br)cc2)SC1=S. The van der Waals surface area contributed by atoms with Crippen molar-refractivity contribution >= 4 is 61.9 Å². The highest BCUT2D eigenvalue weighted by Crippen LogP contribution is 2.38. The minimum atomic E-state index is -0.0553. The third-order valence-electron chi connectivity index (χ3n) is 3.62. The summed E-state index contributed by atoms with van der Waals surface area (Å²) >= 11 is 10.2. The van der Waals surface area contributed by atoms with Gasteiger partial charge >= 0.3 is 0 Å². The lowest BCUT2D eigenvalue weighted by Crippen LogP contribution is -2.29. The van der Waals surface area contributed by atoms with Gasteiger partial charge < -0.3 is 0 Å². The smallest absolute Gasteiger partial charge is 0.268 e. The molecule has 1 heterocycles. The maximum absolute atomic E-state index is 12.8. The summed E-state index contributed by atoms with van der Waals surface area (Å²) in [5.41, 5.74) is 3.97. The summed E-state index contributed by atoms with van der Waals surface area (Å²) in [5.74, 6) is -0.0553. The van der Waals surface area contributed by atoms with Crippen LogP contribution in [-0.4, -0.2) is 10.2 Å². The molecular formula is C18H14BrNOS2. The van der Waals surface area contributed by atoms with Gasteiger partial charge in [0.05, 0.1) is 10.6 Å². The minimum absolute atomic E-state index is 0.0553. The number of rotatable bonds is 2. The number of benzene rings is 2. The van der Waals surface area contributed by atoms with Gasteiger partial charge in [0.25, 0.3) is 5.91 Å². The van der Waals surface area contributed by atoms with Gasteiger partial charge in [-0.15, -0.1) is 0 Å². The quantitative estimate of drug-likeness (QED) is 0.489. The Morgan fingerprint density at radius 1 is 1.09 bits per heavy atom. The van der Waals surface area contributed by atoms with Gasteiger partial charge in [-0.05, 0) is 48.7 Å². The predicted molar refractivity (Wildman–Crippen MR) is 106 cm³/mol. The molecule has 0 radical (unpaired) electrons. The summed E-state index contributed by atoms with van der Waals surface area (Å²) in [7, 11) is 0. The zero-order valence-corrected chi connectivity index (χ0v) is 15.9. The Morgan fingerprint density at radius 3 is 2.30 bits per heavy atom. The molecule has 0 aliphatic carbocycles. The fourth-order valence-electron chi connectivity index (χ4n) is 2.53. The van der Waals surface area contributed by atoms with Crippen molar-refractivity contribution in [3.05, 3.63) is 68.5 Å². The maximum atomic E-state index is 12.8. The van der Waals surface area contributed by atoms with Crippen LogP contribution in [0.4, 0.5) is 5.69 Å². The van der Waals surface area contributed by atoms with E-state index in [2.05, 4.69) is 15.9 Å². The predicted octanol–water partition coefficient (Wildman–Crippen LogP) is 5.47. The van der Waals surface area contributed by atoms with Crippen molar-refractivity contribution in [1.29, 1.82) is 0 Å². The molecule has 2 aromatic rings. The van der Waals surface area contributed by atoms with Gasteiger partial charge in [-0.1, -0.05) is 70.2 Å². The van der Waals surface area contributed by atoms with E-state index in [-0.39, 0.29) is 5.91 Å². The van der Waals surface area contributed by atoms with E-state index < -0.39 is 0 Å². The molecule has 5 heteroatoms. The Kier molecular flexibility index (Phi) is 4.71. The largest absolute Gasteiger partial charge is 0.270 e. The maximum Gasteiger partial charge on any atom is 0.270 e. The van der Waals surface area contributed by atoms with Crippen LogP contribution >= 0.6 is 39.9 Å². The van der Waals surface area contributed by atoms with Crippen molar-refractivity contribution in [2.24, 2.45) is 0 Å². The van der Waals surface area contributed by atoms with E-state index in [1.54, 1.807) is 4.90 Å².